The summed E-state index contributed by atoms with van der Waals surface area (Å²) >= 11 is 4.55. The lowest BCUT2D eigenvalue weighted by atomic mass is 9.96. The molecule has 2 fully saturated rings. The fraction of sp³-hybridized carbons (Fsp3) is 0.647. The molecule has 22 heavy (non-hydrogen) atoms. The van der Waals surface area contributed by atoms with Gasteiger partial charge in [0.05, 0.1) is 3.57 Å². The monoisotopic (exact) mass is 526 g/mol. The number of hydrogen-bond acceptors (Lipinski definition) is 3. The van der Waals surface area contributed by atoms with Gasteiger partial charge < -0.3 is 10.0 Å². The number of likely N-dealkylation sites (tertiary alicyclic amines) is 2. The van der Waals surface area contributed by atoms with E-state index in [4.69, 9.17) is 0 Å². The molecule has 1 N–H and O–H groups in total. The highest BCUT2D eigenvalue weighted by molar-refractivity contribution is 14.1. The summed E-state index contributed by atoms with van der Waals surface area (Å²) in [7, 11) is 0. The van der Waals surface area contributed by atoms with Crippen LogP contribution in [0.5, 0.6) is 5.75 Å². The fourth-order valence-electron chi connectivity index (χ4n) is 3.64. The lowest BCUT2D eigenvalue weighted by Gasteiger charge is -2.34. The van der Waals surface area contributed by atoms with E-state index in [2.05, 4.69) is 61.0 Å². The van der Waals surface area contributed by atoms with Gasteiger partial charge in [-0.3, -0.25) is 4.90 Å². The number of aromatic hydroxyl groups is 1. The van der Waals surface area contributed by atoms with Gasteiger partial charge in [-0.15, -0.1) is 0 Å². The summed E-state index contributed by atoms with van der Waals surface area (Å²) in [5, 5.41) is 10.3. The van der Waals surface area contributed by atoms with E-state index in [0.717, 1.165) is 21.6 Å². The van der Waals surface area contributed by atoms with Crippen LogP contribution >= 0.6 is 45.2 Å². The van der Waals surface area contributed by atoms with Crippen molar-refractivity contribution in [1.29, 1.82) is 0 Å². The van der Waals surface area contributed by atoms with E-state index >= 15 is 0 Å². The first-order chi connectivity index (χ1) is 10.6. The minimum absolute atomic E-state index is 0.472. The van der Waals surface area contributed by atoms with E-state index in [0.29, 0.717) is 5.75 Å². The molecule has 5 heteroatoms. The average molecular weight is 526 g/mol. The molecule has 0 aromatic heterocycles. The van der Waals surface area contributed by atoms with E-state index in [1.807, 2.05) is 6.07 Å². The molecule has 122 valence electrons. The second-order valence-corrected chi connectivity index (χ2v) is 9.03. The molecule has 0 radical (unpaired) electrons. The van der Waals surface area contributed by atoms with Gasteiger partial charge in [-0.05, 0) is 115 Å². The lowest BCUT2D eigenvalue weighted by molar-refractivity contribution is 0.148. The second-order valence-electron chi connectivity index (χ2n) is 6.62. The molecule has 2 saturated heterocycles. The minimum Gasteiger partial charge on any atom is -0.507 e. The normalized spacial score (nSPS) is 21.5. The first-order valence-electron chi connectivity index (χ1n) is 8.23. The number of rotatable bonds is 4. The Labute approximate surface area is 160 Å². The Balaban J connectivity index is 1.51. The minimum atomic E-state index is 0.472. The van der Waals surface area contributed by atoms with Crippen LogP contribution in [0.25, 0.3) is 0 Å². The van der Waals surface area contributed by atoms with Crippen LogP contribution in [0.1, 0.15) is 31.2 Å². The van der Waals surface area contributed by atoms with Crippen molar-refractivity contribution in [2.45, 2.75) is 32.2 Å². The van der Waals surface area contributed by atoms with Crippen molar-refractivity contribution >= 4 is 45.2 Å². The molecule has 0 spiro atoms. The van der Waals surface area contributed by atoms with Crippen LogP contribution in [0, 0.1) is 13.1 Å². The van der Waals surface area contributed by atoms with Crippen LogP contribution in [0.15, 0.2) is 12.1 Å². The molecule has 1 aromatic carbocycles. The number of piperidine rings is 1. The summed E-state index contributed by atoms with van der Waals surface area (Å²) in [6.45, 7) is 7.15. The number of hydrogen-bond donors (Lipinski definition) is 1. The van der Waals surface area contributed by atoms with Crippen LogP contribution in [0.2, 0.25) is 0 Å². The largest absolute Gasteiger partial charge is 0.507 e. The molecule has 0 aliphatic carbocycles. The number of nitrogens with zero attached hydrogens (tertiary/aromatic N) is 2. The van der Waals surface area contributed by atoms with Gasteiger partial charge in [-0.1, -0.05) is 0 Å². The third kappa shape index (κ3) is 4.48. The van der Waals surface area contributed by atoms with Crippen molar-refractivity contribution in [3.63, 3.8) is 0 Å². The molecule has 0 amide bonds. The van der Waals surface area contributed by atoms with Gasteiger partial charge in [0.25, 0.3) is 0 Å². The molecule has 2 aliphatic rings. The maximum Gasteiger partial charge on any atom is 0.133 e. The van der Waals surface area contributed by atoms with Crippen molar-refractivity contribution < 1.29 is 5.11 Å². The van der Waals surface area contributed by atoms with E-state index in [-0.39, 0.29) is 0 Å². The highest BCUT2D eigenvalue weighted by Crippen LogP contribution is 2.29. The molecule has 0 saturated carbocycles. The molecule has 3 nitrogen and oxygen atoms in total. The zero-order valence-electron chi connectivity index (χ0n) is 12.9. The van der Waals surface area contributed by atoms with Gasteiger partial charge in [0.2, 0.25) is 0 Å². The maximum atomic E-state index is 10.3. The fourth-order valence-corrected chi connectivity index (χ4v) is 5.60. The zero-order valence-corrected chi connectivity index (χ0v) is 17.2. The third-order valence-electron chi connectivity index (χ3n) is 4.92. The molecule has 2 heterocycles. The first-order valence-corrected chi connectivity index (χ1v) is 10.4. The Morgan fingerprint density at radius 1 is 1.00 bits per heavy atom. The van der Waals surface area contributed by atoms with E-state index in [9.17, 15) is 5.11 Å². The molecule has 0 bridgehead atoms. The van der Waals surface area contributed by atoms with Gasteiger partial charge in [0.1, 0.15) is 5.75 Å². The standard InChI is InChI=1S/C17H24I2N2O/c18-15-9-14(17(22)16(19)10-15)12-21-7-3-13(4-8-21)11-20-5-1-2-6-20/h9-10,13,22H,1-8,11-12H2. The first kappa shape index (κ1) is 17.2. The predicted molar refractivity (Wildman–Crippen MR) is 107 cm³/mol. The van der Waals surface area contributed by atoms with Crippen molar-refractivity contribution in [3.05, 3.63) is 24.8 Å². The Bertz CT molecular complexity index is 510. The van der Waals surface area contributed by atoms with Crippen molar-refractivity contribution in [1.82, 2.24) is 9.80 Å². The SMILES string of the molecule is Oc1c(I)cc(I)cc1CN1CCC(CN2CCCC2)CC1. The summed E-state index contributed by atoms with van der Waals surface area (Å²) in [5.41, 5.74) is 1.08. The van der Waals surface area contributed by atoms with Gasteiger partial charge in [0, 0.05) is 22.2 Å². The van der Waals surface area contributed by atoms with Crippen LogP contribution in [0.3, 0.4) is 0 Å². The summed E-state index contributed by atoms with van der Waals surface area (Å²) in [6.07, 6.45) is 5.39. The summed E-state index contributed by atoms with van der Waals surface area (Å²) in [4.78, 5) is 5.15. The topological polar surface area (TPSA) is 26.7 Å². The molecule has 1 aromatic rings. The smallest absolute Gasteiger partial charge is 0.133 e. The molecule has 0 unspecified atom stereocenters. The van der Waals surface area contributed by atoms with Crippen molar-refractivity contribution in [3.8, 4) is 5.75 Å². The summed E-state index contributed by atoms with van der Waals surface area (Å²) in [6, 6.07) is 4.15. The Kier molecular flexibility index (Phi) is 6.25. The highest BCUT2D eigenvalue weighted by Gasteiger charge is 2.23. The van der Waals surface area contributed by atoms with Crippen molar-refractivity contribution in [2.24, 2.45) is 5.92 Å². The zero-order chi connectivity index (χ0) is 15.5. The van der Waals surface area contributed by atoms with E-state index in [1.165, 1.54) is 62.0 Å². The third-order valence-corrected chi connectivity index (χ3v) is 6.37. The Morgan fingerprint density at radius 2 is 1.68 bits per heavy atom. The van der Waals surface area contributed by atoms with Gasteiger partial charge in [-0.25, -0.2) is 0 Å². The highest BCUT2D eigenvalue weighted by atomic mass is 127. The summed E-state index contributed by atoms with van der Waals surface area (Å²) < 4.78 is 2.17. The number of phenols is 1. The Morgan fingerprint density at radius 3 is 2.36 bits per heavy atom. The quantitative estimate of drug-likeness (QED) is 0.604. The molecule has 3 rings (SSSR count). The van der Waals surface area contributed by atoms with Crippen molar-refractivity contribution in [2.75, 3.05) is 32.7 Å². The average Bonchev–Trinajstić information content (AvgIpc) is 2.99. The second kappa shape index (κ2) is 7.98. The number of benzene rings is 1. The van der Waals surface area contributed by atoms with Crippen LogP contribution in [0.4, 0.5) is 0 Å². The van der Waals surface area contributed by atoms with Crippen LogP contribution < -0.4 is 0 Å². The van der Waals surface area contributed by atoms with Crippen LogP contribution in [-0.2, 0) is 6.54 Å². The number of halogens is 2. The molecular formula is C17H24I2N2O. The van der Waals surface area contributed by atoms with E-state index < -0.39 is 0 Å². The predicted octanol–water partition coefficient (Wildman–Crippen LogP) is 3.91. The van der Waals surface area contributed by atoms with Gasteiger partial charge in [-0.2, -0.15) is 0 Å². The maximum absolute atomic E-state index is 10.3. The summed E-state index contributed by atoms with van der Waals surface area (Å²) in [5.74, 6) is 1.35. The molecule has 0 atom stereocenters. The van der Waals surface area contributed by atoms with Crippen LogP contribution in [-0.4, -0.2) is 47.6 Å². The van der Waals surface area contributed by atoms with Gasteiger partial charge >= 0.3 is 0 Å². The molecular weight excluding hydrogens is 502 g/mol. The lowest BCUT2D eigenvalue weighted by Crippen LogP contribution is -2.37. The van der Waals surface area contributed by atoms with Gasteiger partial charge in [0.15, 0.2) is 0 Å². The number of phenolic OH excluding ortho intramolecular Hbond substituents is 1. The Hall–Kier alpha value is 0.400. The van der Waals surface area contributed by atoms with E-state index in [1.54, 1.807) is 0 Å². The molecule has 2 aliphatic heterocycles.